The van der Waals surface area contributed by atoms with Crippen molar-refractivity contribution < 1.29 is 29.6 Å². The van der Waals surface area contributed by atoms with E-state index in [1.165, 1.54) is 5.57 Å². The number of carbonyl (C=O) groups is 1. The normalized spacial score (nSPS) is 20.8. The maximum Gasteiger partial charge on any atom is 0.314 e. The molecule has 0 amide bonds. The summed E-state index contributed by atoms with van der Waals surface area (Å²) in [5.74, 6) is -2.83. The number of phenols is 2. The second-order valence-corrected chi connectivity index (χ2v) is 11.3. The fourth-order valence-electron chi connectivity index (χ4n) is 5.29. The largest absolute Gasteiger partial charge is 0.507 e. The van der Waals surface area contributed by atoms with Crippen LogP contribution in [0.3, 0.4) is 0 Å². The van der Waals surface area contributed by atoms with Gasteiger partial charge in [0.1, 0.15) is 39.7 Å². The van der Waals surface area contributed by atoms with Crippen LogP contribution in [0.5, 0.6) is 11.5 Å². The van der Waals surface area contributed by atoms with Crippen LogP contribution in [0.1, 0.15) is 90.2 Å². The first kappa shape index (κ1) is 30.0. The molecule has 0 radical (unpaired) electrons. The van der Waals surface area contributed by atoms with Crippen molar-refractivity contribution in [3.63, 3.8) is 0 Å². The molecule has 0 fully saturated rings. The van der Waals surface area contributed by atoms with E-state index in [1.807, 2.05) is 46.8 Å². The molecule has 39 heavy (non-hydrogen) atoms. The van der Waals surface area contributed by atoms with Crippen molar-refractivity contribution in [2.45, 2.75) is 85.2 Å². The quantitative estimate of drug-likeness (QED) is 0.261. The van der Waals surface area contributed by atoms with E-state index in [2.05, 4.69) is 12.7 Å². The molecule has 0 saturated heterocycles. The van der Waals surface area contributed by atoms with E-state index >= 15 is 0 Å². The maximum atomic E-state index is 14.1. The highest BCUT2D eigenvalue weighted by Crippen LogP contribution is 2.50. The molecule has 0 unspecified atom stereocenters. The van der Waals surface area contributed by atoms with Crippen LogP contribution in [0.15, 0.2) is 62.4 Å². The molecule has 0 aliphatic heterocycles. The monoisotopic (exact) mass is 536 g/mol. The predicted octanol–water partition coefficient (Wildman–Crippen LogP) is 6.75. The topological polar surface area (TPSA) is 128 Å². The number of allylic oxidation sites excluding steroid dienone is 6. The van der Waals surface area contributed by atoms with Crippen LogP contribution in [0.4, 0.5) is 0 Å². The van der Waals surface area contributed by atoms with Gasteiger partial charge in [-0.25, -0.2) is 0 Å². The van der Waals surface area contributed by atoms with Gasteiger partial charge in [-0.1, -0.05) is 47.1 Å². The summed E-state index contributed by atoms with van der Waals surface area (Å²) in [6.07, 6.45) is 6.19. The number of hydrogen-bond acceptors (Lipinski definition) is 6. The molecule has 0 saturated carbocycles. The van der Waals surface area contributed by atoms with E-state index in [-0.39, 0.29) is 52.9 Å². The number of aliphatic carboxylic acids is 1. The Kier molecular flexibility index (Phi) is 8.96. The lowest BCUT2D eigenvalue weighted by molar-refractivity contribution is -0.145. The zero-order chi connectivity index (χ0) is 29.2. The summed E-state index contributed by atoms with van der Waals surface area (Å²) in [5, 5.41) is 43.1. The second-order valence-electron chi connectivity index (χ2n) is 11.3. The highest BCUT2D eigenvalue weighted by molar-refractivity contribution is 5.91. The van der Waals surface area contributed by atoms with Crippen LogP contribution < -0.4 is 5.43 Å². The molecule has 7 heteroatoms. The van der Waals surface area contributed by atoms with Crippen molar-refractivity contribution in [1.82, 2.24) is 0 Å². The number of carboxylic acid groups (broad SMARTS) is 1. The van der Waals surface area contributed by atoms with Crippen LogP contribution in [0.25, 0.3) is 11.0 Å². The first-order valence-electron chi connectivity index (χ1n) is 13.3. The van der Waals surface area contributed by atoms with Crippen LogP contribution in [-0.4, -0.2) is 26.4 Å². The maximum absolute atomic E-state index is 14.1. The Morgan fingerprint density at radius 1 is 1.08 bits per heavy atom. The molecule has 1 aromatic carbocycles. The van der Waals surface area contributed by atoms with Crippen molar-refractivity contribution in [2.75, 3.05) is 0 Å². The lowest BCUT2D eigenvalue weighted by atomic mass is 9.63. The molecule has 1 aliphatic carbocycles. The van der Waals surface area contributed by atoms with Crippen molar-refractivity contribution in [1.29, 1.82) is 0 Å². The van der Waals surface area contributed by atoms with Gasteiger partial charge in [-0.15, -0.1) is 0 Å². The van der Waals surface area contributed by atoms with Crippen LogP contribution >= 0.6 is 0 Å². The van der Waals surface area contributed by atoms with E-state index in [1.54, 1.807) is 6.92 Å². The molecule has 0 spiro atoms. The number of rotatable bonds is 9. The van der Waals surface area contributed by atoms with Gasteiger partial charge in [0.15, 0.2) is 0 Å². The van der Waals surface area contributed by atoms with Gasteiger partial charge in [-0.2, -0.15) is 0 Å². The molecular weight excluding hydrogens is 496 g/mol. The van der Waals surface area contributed by atoms with E-state index in [0.29, 0.717) is 5.57 Å². The molecule has 7 nitrogen and oxygen atoms in total. The highest BCUT2D eigenvalue weighted by atomic mass is 16.4. The zero-order valence-electron chi connectivity index (χ0n) is 23.7. The van der Waals surface area contributed by atoms with Crippen LogP contribution in [0.2, 0.25) is 0 Å². The fraction of sp³-hybridized carbons (Fsp3) is 0.438. The van der Waals surface area contributed by atoms with Crippen LogP contribution in [0, 0.1) is 5.92 Å². The SMILES string of the molecule is C=C(C)[C@H]1C[C@](C/C=C(\C)CCC=C(C)C)(C(=O)O)c2c(oc3c(CC=C(C)C)c(O)cc(O)c3c2=O)[C@@H]1O. The Hall–Kier alpha value is -3.58. The number of aliphatic hydroxyl groups is 1. The van der Waals surface area contributed by atoms with Crippen LogP contribution in [-0.2, 0) is 16.6 Å². The zero-order valence-corrected chi connectivity index (χ0v) is 23.7. The van der Waals surface area contributed by atoms with Gasteiger partial charge in [0.05, 0.1) is 5.56 Å². The van der Waals surface area contributed by atoms with Crippen molar-refractivity contribution >= 4 is 16.9 Å². The Bertz CT molecular complexity index is 1450. The van der Waals surface area contributed by atoms with Crippen molar-refractivity contribution in [3.05, 3.63) is 80.3 Å². The van der Waals surface area contributed by atoms with Crippen molar-refractivity contribution in [2.24, 2.45) is 5.92 Å². The third-order valence-electron chi connectivity index (χ3n) is 7.60. The summed E-state index contributed by atoms with van der Waals surface area (Å²) in [6.45, 7) is 15.4. The summed E-state index contributed by atoms with van der Waals surface area (Å²) in [5.41, 5.74) is 1.30. The smallest absolute Gasteiger partial charge is 0.314 e. The number of carboxylic acids is 1. The molecule has 1 heterocycles. The molecule has 1 aromatic heterocycles. The second kappa shape index (κ2) is 11.7. The van der Waals surface area contributed by atoms with E-state index in [0.717, 1.165) is 30.1 Å². The Morgan fingerprint density at radius 2 is 1.72 bits per heavy atom. The summed E-state index contributed by atoms with van der Waals surface area (Å²) < 4.78 is 6.15. The van der Waals surface area contributed by atoms with Gasteiger partial charge in [0, 0.05) is 17.5 Å². The Labute approximate surface area is 229 Å². The highest BCUT2D eigenvalue weighted by Gasteiger charge is 2.53. The number of phenolic OH excluding ortho intramolecular Hbond substituents is 2. The number of aromatic hydroxyl groups is 2. The first-order valence-corrected chi connectivity index (χ1v) is 13.3. The molecule has 4 N–H and O–H groups in total. The number of benzene rings is 1. The van der Waals surface area contributed by atoms with Gasteiger partial charge >= 0.3 is 5.97 Å². The number of fused-ring (bicyclic) bond motifs is 2. The van der Waals surface area contributed by atoms with Gasteiger partial charge in [-0.3, -0.25) is 9.59 Å². The van der Waals surface area contributed by atoms with Gasteiger partial charge in [-0.05, 0) is 73.6 Å². The minimum Gasteiger partial charge on any atom is -0.507 e. The summed E-state index contributed by atoms with van der Waals surface area (Å²) in [6, 6.07) is 1.07. The number of aliphatic hydroxyl groups excluding tert-OH is 1. The fourth-order valence-corrected chi connectivity index (χ4v) is 5.29. The minimum atomic E-state index is -1.71. The Balaban J connectivity index is 2.35. The summed E-state index contributed by atoms with van der Waals surface area (Å²) in [7, 11) is 0. The number of hydrogen-bond donors (Lipinski definition) is 4. The average Bonchev–Trinajstić information content (AvgIpc) is 2.82. The Morgan fingerprint density at radius 3 is 2.28 bits per heavy atom. The molecule has 3 rings (SSSR count). The summed E-state index contributed by atoms with van der Waals surface area (Å²) >= 11 is 0. The van der Waals surface area contributed by atoms with E-state index in [4.69, 9.17) is 4.42 Å². The molecule has 0 bridgehead atoms. The lowest BCUT2D eigenvalue weighted by Crippen LogP contribution is -2.47. The van der Waals surface area contributed by atoms with E-state index in [9.17, 15) is 30.0 Å². The van der Waals surface area contributed by atoms with E-state index < -0.39 is 34.6 Å². The third-order valence-corrected chi connectivity index (χ3v) is 7.60. The van der Waals surface area contributed by atoms with Gasteiger partial charge < -0.3 is 24.8 Å². The minimum absolute atomic E-state index is 0.00618. The molecule has 210 valence electrons. The molecular formula is C32H40O7. The third kappa shape index (κ3) is 5.88. The molecule has 1 aliphatic rings. The first-order chi connectivity index (χ1) is 18.2. The lowest BCUT2D eigenvalue weighted by Gasteiger charge is -2.40. The summed E-state index contributed by atoms with van der Waals surface area (Å²) in [4.78, 5) is 27.1. The average molecular weight is 537 g/mol. The molecule has 2 aromatic rings. The molecule has 3 atom stereocenters. The van der Waals surface area contributed by atoms with Crippen molar-refractivity contribution in [3.8, 4) is 11.5 Å². The van der Waals surface area contributed by atoms with Gasteiger partial charge in [0.25, 0.3) is 0 Å². The predicted molar refractivity (Wildman–Crippen MR) is 153 cm³/mol. The standard InChI is InChI=1S/C32H40O7/c1-17(2)9-8-10-20(7)13-14-32(31(37)38)16-22(19(5)6)27(35)30-26(32)28(36)25-24(34)15-23(33)21(29(25)39-30)12-11-18(3)4/h9,11,13,15,22,27,33-35H,5,8,10,12,14,16H2,1-4,6-7H3,(H,37,38)/b20-13+/t22-,27-,32+/m1/s1. The van der Waals surface area contributed by atoms with Gasteiger partial charge in [0.2, 0.25) is 5.43 Å².